The molecule has 0 saturated carbocycles. The van der Waals surface area contributed by atoms with Gasteiger partial charge in [-0.1, -0.05) is 6.07 Å². The fraction of sp³-hybridized carbons (Fsp3) is 0.417. The quantitative estimate of drug-likeness (QED) is 0.863. The van der Waals surface area contributed by atoms with Gasteiger partial charge in [0, 0.05) is 0 Å². The van der Waals surface area contributed by atoms with Crippen molar-refractivity contribution < 1.29 is 13.2 Å². The first-order valence-corrected chi connectivity index (χ1v) is 6.21. The highest BCUT2D eigenvalue weighted by Gasteiger charge is 2.30. The Morgan fingerprint density at radius 3 is 2.65 bits per heavy atom. The van der Waals surface area contributed by atoms with Crippen molar-refractivity contribution in [3.8, 4) is 5.69 Å². The van der Waals surface area contributed by atoms with Gasteiger partial charge < -0.3 is 0 Å². The van der Waals surface area contributed by atoms with Crippen LogP contribution in [0.3, 0.4) is 0 Å². The Balaban J connectivity index is 1.91. The predicted molar refractivity (Wildman–Crippen MR) is 64.1 cm³/mol. The molecular formula is C12H12F3N5. The minimum atomic E-state index is -4.37. The molecule has 2 aromatic rings. The zero-order chi connectivity index (χ0) is 14.2. The molecule has 1 aliphatic heterocycles. The highest BCUT2D eigenvalue weighted by Crippen LogP contribution is 2.30. The van der Waals surface area contributed by atoms with E-state index in [9.17, 15) is 13.2 Å². The standard InChI is InChI=1S/C12H12F3N5/c13-12(14,15)9-3-1-4-10(7-9)20-11(16-17-18-20)8-19-5-2-6-19/h1,3-4,7H,2,5-6,8H2. The molecule has 0 spiro atoms. The fourth-order valence-corrected chi connectivity index (χ4v) is 2.06. The molecule has 1 aromatic carbocycles. The van der Waals surface area contributed by atoms with Crippen molar-refractivity contribution in [2.45, 2.75) is 19.1 Å². The molecule has 1 aliphatic rings. The molecule has 106 valence electrons. The molecule has 3 rings (SSSR count). The lowest BCUT2D eigenvalue weighted by atomic mass is 10.2. The van der Waals surface area contributed by atoms with E-state index >= 15 is 0 Å². The van der Waals surface area contributed by atoms with Crippen LogP contribution in [0.15, 0.2) is 24.3 Å². The van der Waals surface area contributed by atoms with Crippen LogP contribution in [0.25, 0.3) is 5.69 Å². The van der Waals surface area contributed by atoms with Gasteiger partial charge in [0.05, 0.1) is 17.8 Å². The number of aromatic nitrogens is 4. The van der Waals surface area contributed by atoms with E-state index in [4.69, 9.17) is 0 Å². The number of likely N-dealkylation sites (tertiary alicyclic amines) is 1. The van der Waals surface area contributed by atoms with Crippen molar-refractivity contribution in [2.75, 3.05) is 13.1 Å². The van der Waals surface area contributed by atoms with Gasteiger partial charge in [-0.2, -0.15) is 17.9 Å². The number of hydrogen-bond acceptors (Lipinski definition) is 4. The third-order valence-corrected chi connectivity index (χ3v) is 3.27. The maximum atomic E-state index is 12.7. The molecule has 0 radical (unpaired) electrons. The van der Waals surface area contributed by atoms with Gasteiger partial charge in [0.2, 0.25) is 0 Å². The van der Waals surface area contributed by atoms with Crippen LogP contribution >= 0.6 is 0 Å². The van der Waals surface area contributed by atoms with Crippen molar-refractivity contribution >= 4 is 0 Å². The molecule has 0 N–H and O–H groups in total. The van der Waals surface area contributed by atoms with Crippen LogP contribution in [0.2, 0.25) is 0 Å². The smallest absolute Gasteiger partial charge is 0.296 e. The number of tetrazole rings is 1. The topological polar surface area (TPSA) is 46.8 Å². The lowest BCUT2D eigenvalue weighted by Gasteiger charge is -2.29. The Labute approximate surface area is 113 Å². The molecule has 0 atom stereocenters. The van der Waals surface area contributed by atoms with Crippen LogP contribution in [-0.2, 0) is 12.7 Å². The van der Waals surface area contributed by atoms with Crippen LogP contribution in [0, 0.1) is 0 Å². The number of halogens is 3. The molecular weight excluding hydrogens is 271 g/mol. The molecule has 20 heavy (non-hydrogen) atoms. The Bertz CT molecular complexity index is 603. The molecule has 0 aliphatic carbocycles. The van der Waals surface area contributed by atoms with Gasteiger partial charge in [0.1, 0.15) is 0 Å². The Hall–Kier alpha value is -1.96. The van der Waals surface area contributed by atoms with Crippen molar-refractivity contribution in [1.29, 1.82) is 0 Å². The molecule has 0 bridgehead atoms. The summed E-state index contributed by atoms with van der Waals surface area (Å²) in [6.45, 7) is 2.48. The van der Waals surface area contributed by atoms with Crippen LogP contribution < -0.4 is 0 Å². The maximum Gasteiger partial charge on any atom is 0.416 e. The Kier molecular flexibility index (Phi) is 3.17. The minimum absolute atomic E-state index is 0.320. The lowest BCUT2D eigenvalue weighted by molar-refractivity contribution is -0.137. The van der Waals surface area contributed by atoms with E-state index in [1.807, 2.05) is 0 Å². The lowest BCUT2D eigenvalue weighted by Crippen LogP contribution is -2.37. The number of benzene rings is 1. The molecule has 1 aromatic heterocycles. The molecule has 1 saturated heterocycles. The third-order valence-electron chi connectivity index (χ3n) is 3.27. The molecule has 5 nitrogen and oxygen atoms in total. The summed E-state index contributed by atoms with van der Waals surface area (Å²) in [6.07, 6.45) is -3.24. The second-order valence-corrected chi connectivity index (χ2v) is 4.68. The van der Waals surface area contributed by atoms with Crippen molar-refractivity contribution in [2.24, 2.45) is 0 Å². The summed E-state index contributed by atoms with van der Waals surface area (Å²) in [5.41, 5.74) is -0.388. The zero-order valence-electron chi connectivity index (χ0n) is 10.5. The van der Waals surface area contributed by atoms with Crippen LogP contribution in [0.1, 0.15) is 17.8 Å². The van der Waals surface area contributed by atoms with Gasteiger partial charge >= 0.3 is 6.18 Å². The molecule has 8 heteroatoms. The van der Waals surface area contributed by atoms with Gasteiger partial charge in [-0.3, -0.25) is 4.90 Å². The Morgan fingerprint density at radius 1 is 1.20 bits per heavy atom. The van der Waals surface area contributed by atoms with E-state index < -0.39 is 11.7 Å². The monoisotopic (exact) mass is 283 g/mol. The number of hydrogen-bond donors (Lipinski definition) is 0. The molecule has 0 amide bonds. The van der Waals surface area contributed by atoms with Crippen LogP contribution in [0.4, 0.5) is 13.2 Å². The van der Waals surface area contributed by atoms with Crippen molar-refractivity contribution in [3.63, 3.8) is 0 Å². The van der Waals surface area contributed by atoms with Gasteiger partial charge in [-0.25, -0.2) is 0 Å². The van der Waals surface area contributed by atoms with Crippen molar-refractivity contribution in [1.82, 2.24) is 25.1 Å². The van der Waals surface area contributed by atoms with Gasteiger partial charge in [-0.05, 0) is 48.1 Å². The summed E-state index contributed by atoms with van der Waals surface area (Å²) in [5, 5.41) is 11.2. The van der Waals surface area contributed by atoms with E-state index in [1.54, 1.807) is 6.07 Å². The van der Waals surface area contributed by atoms with Gasteiger partial charge in [0.25, 0.3) is 0 Å². The average Bonchev–Trinajstić information content (AvgIpc) is 2.81. The first-order valence-electron chi connectivity index (χ1n) is 6.21. The Morgan fingerprint density at radius 2 is 2.00 bits per heavy atom. The highest BCUT2D eigenvalue weighted by molar-refractivity contribution is 5.36. The highest BCUT2D eigenvalue weighted by atomic mass is 19.4. The minimum Gasteiger partial charge on any atom is -0.296 e. The van der Waals surface area contributed by atoms with E-state index in [2.05, 4.69) is 20.4 Å². The predicted octanol–water partition coefficient (Wildman–Crippen LogP) is 1.89. The first kappa shape index (κ1) is 13.0. The van der Waals surface area contributed by atoms with E-state index in [0.29, 0.717) is 18.1 Å². The van der Waals surface area contributed by atoms with Crippen LogP contribution in [-0.4, -0.2) is 38.2 Å². The average molecular weight is 283 g/mol. The summed E-state index contributed by atoms with van der Waals surface area (Å²) in [4.78, 5) is 2.13. The molecule has 2 heterocycles. The largest absolute Gasteiger partial charge is 0.416 e. The first-order chi connectivity index (χ1) is 9.54. The zero-order valence-corrected chi connectivity index (χ0v) is 10.5. The molecule has 1 fully saturated rings. The van der Waals surface area contributed by atoms with E-state index in [0.717, 1.165) is 31.6 Å². The summed E-state index contributed by atoms with van der Waals surface area (Å²) >= 11 is 0. The van der Waals surface area contributed by atoms with Crippen LogP contribution in [0.5, 0.6) is 0 Å². The van der Waals surface area contributed by atoms with E-state index in [1.165, 1.54) is 10.7 Å². The summed E-state index contributed by atoms with van der Waals surface area (Å²) < 4.78 is 39.5. The molecule has 0 unspecified atom stereocenters. The van der Waals surface area contributed by atoms with Crippen molar-refractivity contribution in [3.05, 3.63) is 35.7 Å². The normalized spacial score (nSPS) is 16.1. The van der Waals surface area contributed by atoms with Gasteiger partial charge in [-0.15, -0.1) is 5.10 Å². The maximum absolute atomic E-state index is 12.7. The van der Waals surface area contributed by atoms with E-state index in [-0.39, 0.29) is 0 Å². The summed E-state index contributed by atoms with van der Waals surface area (Å²) in [7, 11) is 0. The second kappa shape index (κ2) is 4.86. The number of nitrogens with zero attached hydrogens (tertiary/aromatic N) is 5. The second-order valence-electron chi connectivity index (χ2n) is 4.68. The summed E-state index contributed by atoms with van der Waals surface area (Å²) in [5.74, 6) is 0.545. The summed E-state index contributed by atoms with van der Waals surface area (Å²) in [6, 6.07) is 5.00. The van der Waals surface area contributed by atoms with Gasteiger partial charge in [0.15, 0.2) is 5.82 Å². The number of rotatable bonds is 3. The SMILES string of the molecule is FC(F)(F)c1cccc(-n2nnnc2CN2CCC2)c1. The fourth-order valence-electron chi connectivity index (χ4n) is 2.06. The third kappa shape index (κ3) is 2.51. The number of alkyl halides is 3.